The molecule has 0 radical (unpaired) electrons. The van der Waals surface area contributed by atoms with Gasteiger partial charge in [-0.1, -0.05) is 23.7 Å². The molecule has 1 aliphatic rings. The van der Waals surface area contributed by atoms with Crippen LogP contribution in [-0.4, -0.2) is 21.7 Å². The van der Waals surface area contributed by atoms with Gasteiger partial charge in [0.15, 0.2) is 5.70 Å². The Bertz CT molecular complexity index is 1500. The number of halogens is 4. The molecule has 0 fully saturated rings. The molecule has 0 saturated carbocycles. The molecule has 0 aliphatic carbocycles. The predicted octanol–water partition coefficient (Wildman–Crippen LogP) is 6.31. The largest absolute Gasteiger partial charge is 0.450 e. The lowest BCUT2D eigenvalue weighted by Gasteiger charge is -2.10. The summed E-state index contributed by atoms with van der Waals surface area (Å²) in [5.74, 6) is -1.26. The second kappa shape index (κ2) is 9.70. The summed E-state index contributed by atoms with van der Waals surface area (Å²) in [6.45, 7) is 0. The number of carbonyl (C=O) groups is 1. The maximum atomic E-state index is 12.9. The molecule has 0 aromatic heterocycles. The molecule has 3 aromatic carbocycles. The molecule has 3 aromatic rings. The molecule has 37 heavy (non-hydrogen) atoms. The van der Waals surface area contributed by atoms with E-state index in [1.165, 1.54) is 42.5 Å². The quantitative estimate of drug-likeness (QED) is 0.157. The van der Waals surface area contributed by atoms with Crippen LogP contribution < -0.4 is 4.74 Å². The lowest BCUT2D eigenvalue weighted by Crippen LogP contribution is -2.06. The van der Waals surface area contributed by atoms with Crippen LogP contribution in [0.1, 0.15) is 16.7 Å². The lowest BCUT2D eigenvalue weighted by atomic mass is 10.1. The van der Waals surface area contributed by atoms with Crippen LogP contribution in [0.4, 0.5) is 24.5 Å². The number of aliphatic imine (C=N–C) groups is 1. The zero-order chi connectivity index (χ0) is 26.9. The average molecular weight is 534 g/mol. The van der Waals surface area contributed by atoms with Gasteiger partial charge in [-0.25, -0.2) is 9.79 Å². The first-order chi connectivity index (χ1) is 17.4. The van der Waals surface area contributed by atoms with Crippen molar-refractivity contribution in [2.75, 3.05) is 0 Å². The fourth-order valence-electron chi connectivity index (χ4n) is 3.16. The third kappa shape index (κ3) is 5.56. The van der Waals surface area contributed by atoms with E-state index in [2.05, 4.69) is 4.99 Å². The molecule has 1 heterocycles. The van der Waals surface area contributed by atoms with Gasteiger partial charge in [-0.3, -0.25) is 20.2 Å². The van der Waals surface area contributed by atoms with E-state index in [4.69, 9.17) is 21.1 Å². The van der Waals surface area contributed by atoms with Crippen molar-refractivity contribution >= 4 is 40.9 Å². The summed E-state index contributed by atoms with van der Waals surface area (Å²) in [5.41, 5.74) is -1.78. The normalized spacial score (nSPS) is 14.3. The van der Waals surface area contributed by atoms with Gasteiger partial charge in [-0.15, -0.1) is 0 Å². The predicted molar refractivity (Wildman–Crippen MR) is 123 cm³/mol. The maximum absolute atomic E-state index is 12.9. The lowest BCUT2D eigenvalue weighted by molar-refractivity contribution is -0.385. The summed E-state index contributed by atoms with van der Waals surface area (Å²) in [6, 6.07) is 11.2. The summed E-state index contributed by atoms with van der Waals surface area (Å²) in [5, 5.41) is 22.0. The molecular formula is C23H11ClF3N3O7. The van der Waals surface area contributed by atoms with Crippen LogP contribution in [0.25, 0.3) is 6.08 Å². The number of nitro groups is 2. The number of carbonyl (C=O) groups excluding carboxylic acids is 1. The molecule has 10 nitrogen and oxygen atoms in total. The molecule has 4 rings (SSSR count). The van der Waals surface area contributed by atoms with Gasteiger partial charge in [-0.2, -0.15) is 13.2 Å². The third-order valence-corrected chi connectivity index (χ3v) is 5.22. The topological polar surface area (TPSA) is 134 Å². The van der Waals surface area contributed by atoms with Crippen molar-refractivity contribution in [2.45, 2.75) is 6.18 Å². The second-order valence-electron chi connectivity index (χ2n) is 7.37. The summed E-state index contributed by atoms with van der Waals surface area (Å²) < 4.78 is 49.1. The minimum atomic E-state index is -4.76. The Kier molecular flexibility index (Phi) is 6.64. The van der Waals surface area contributed by atoms with Crippen LogP contribution in [0.15, 0.2) is 71.4 Å². The molecule has 188 valence electrons. The number of nitro benzene ring substituents is 2. The first-order valence-corrected chi connectivity index (χ1v) is 10.4. The van der Waals surface area contributed by atoms with Gasteiger partial charge in [0.2, 0.25) is 11.6 Å². The molecule has 0 saturated heterocycles. The van der Waals surface area contributed by atoms with Gasteiger partial charge in [0.1, 0.15) is 5.75 Å². The molecule has 0 spiro atoms. The number of ether oxygens (including phenoxy) is 2. The summed E-state index contributed by atoms with van der Waals surface area (Å²) in [4.78, 5) is 36.8. The number of esters is 1. The summed E-state index contributed by atoms with van der Waals surface area (Å²) in [6.07, 6.45) is -3.40. The van der Waals surface area contributed by atoms with Gasteiger partial charge in [-0.05, 0) is 42.0 Å². The summed E-state index contributed by atoms with van der Waals surface area (Å²) in [7, 11) is 0. The third-order valence-electron chi connectivity index (χ3n) is 4.91. The molecule has 14 heteroatoms. The Morgan fingerprint density at radius 2 is 1.68 bits per heavy atom. The number of hydrogen-bond donors (Lipinski definition) is 0. The van der Waals surface area contributed by atoms with Crippen molar-refractivity contribution in [3.8, 4) is 11.5 Å². The average Bonchev–Trinajstić information content (AvgIpc) is 3.19. The van der Waals surface area contributed by atoms with E-state index >= 15 is 0 Å². The molecule has 0 amide bonds. The molecule has 0 bridgehead atoms. The summed E-state index contributed by atoms with van der Waals surface area (Å²) >= 11 is 6.05. The highest BCUT2D eigenvalue weighted by Crippen LogP contribution is 2.38. The number of rotatable bonds is 6. The number of benzene rings is 3. The zero-order valence-corrected chi connectivity index (χ0v) is 18.8. The van der Waals surface area contributed by atoms with Crippen LogP contribution in [0.3, 0.4) is 0 Å². The van der Waals surface area contributed by atoms with Crippen LogP contribution >= 0.6 is 11.6 Å². The number of non-ortho nitro benzene ring substituents is 1. The van der Waals surface area contributed by atoms with Crippen molar-refractivity contribution in [3.05, 3.63) is 108 Å². The molecule has 1 aliphatic heterocycles. The SMILES string of the molecule is O=C1OC(c2ccc([N+](=O)[O-])cc2Cl)=N/C1=C\c1ccc(Oc2ccc(C(F)(F)F)cc2[N+](=O)[O-])cc1. The molecule has 0 atom stereocenters. The monoisotopic (exact) mass is 533 g/mol. The van der Waals surface area contributed by atoms with Crippen molar-refractivity contribution in [3.63, 3.8) is 0 Å². The van der Waals surface area contributed by atoms with Gasteiger partial charge in [0, 0.05) is 18.2 Å². The Hall–Kier alpha value is -4.78. The first-order valence-electron chi connectivity index (χ1n) is 10.0. The Morgan fingerprint density at radius 1 is 0.973 bits per heavy atom. The Labute approximate surface area is 209 Å². The molecular weight excluding hydrogens is 523 g/mol. The molecule has 0 N–H and O–H groups in total. The fourth-order valence-corrected chi connectivity index (χ4v) is 3.41. The van der Waals surface area contributed by atoms with E-state index < -0.39 is 39.0 Å². The molecule has 0 unspecified atom stereocenters. The number of nitrogens with zero attached hydrogens (tertiary/aromatic N) is 3. The zero-order valence-electron chi connectivity index (χ0n) is 18.1. The van der Waals surface area contributed by atoms with Gasteiger partial charge in [0.25, 0.3) is 5.69 Å². The standard InChI is InChI=1S/C23H11ClF3N3O7/c24-17-11-14(29(32)33)4-7-16(17)21-28-18(22(31)37-21)9-12-1-5-15(6-2-12)36-20-8-3-13(23(25,26)27)10-19(20)30(34)35/h1-11H/b18-9-. The number of hydrogen-bond acceptors (Lipinski definition) is 8. The van der Waals surface area contributed by atoms with E-state index in [-0.39, 0.29) is 33.6 Å². The highest BCUT2D eigenvalue weighted by Gasteiger charge is 2.33. The minimum absolute atomic E-state index is 0.0409. The fraction of sp³-hybridized carbons (Fsp3) is 0.0435. The van der Waals surface area contributed by atoms with E-state index in [1.807, 2.05) is 0 Å². The highest BCUT2D eigenvalue weighted by atomic mass is 35.5. The second-order valence-corrected chi connectivity index (χ2v) is 7.77. The van der Waals surface area contributed by atoms with Crippen LogP contribution in [0, 0.1) is 20.2 Å². The maximum Gasteiger partial charge on any atom is 0.416 e. The Morgan fingerprint density at radius 3 is 2.27 bits per heavy atom. The van der Waals surface area contributed by atoms with Crippen LogP contribution in [0.2, 0.25) is 5.02 Å². The van der Waals surface area contributed by atoms with E-state index in [1.54, 1.807) is 0 Å². The highest BCUT2D eigenvalue weighted by molar-refractivity contribution is 6.34. The van der Waals surface area contributed by atoms with Crippen molar-refractivity contribution in [2.24, 2.45) is 4.99 Å². The van der Waals surface area contributed by atoms with Gasteiger partial charge in [0.05, 0.1) is 26.0 Å². The number of alkyl halides is 3. The van der Waals surface area contributed by atoms with Crippen molar-refractivity contribution in [1.82, 2.24) is 0 Å². The Balaban J connectivity index is 1.55. The first kappa shape index (κ1) is 25.3. The number of cyclic esters (lactones) is 1. The van der Waals surface area contributed by atoms with Crippen molar-refractivity contribution in [1.29, 1.82) is 0 Å². The van der Waals surface area contributed by atoms with E-state index in [0.717, 1.165) is 12.1 Å². The van der Waals surface area contributed by atoms with Gasteiger partial charge < -0.3 is 9.47 Å². The smallest absolute Gasteiger partial charge is 0.416 e. The van der Waals surface area contributed by atoms with E-state index in [9.17, 15) is 38.2 Å². The van der Waals surface area contributed by atoms with Gasteiger partial charge >= 0.3 is 17.8 Å². The van der Waals surface area contributed by atoms with Crippen LogP contribution in [-0.2, 0) is 15.7 Å². The minimum Gasteiger partial charge on any atom is -0.450 e. The van der Waals surface area contributed by atoms with Crippen molar-refractivity contribution < 1.29 is 37.3 Å². The van der Waals surface area contributed by atoms with E-state index in [0.29, 0.717) is 17.7 Å². The van der Waals surface area contributed by atoms with Crippen LogP contribution in [0.5, 0.6) is 11.5 Å².